The van der Waals surface area contributed by atoms with Crippen LogP contribution in [0.4, 0.5) is 20.7 Å². The number of hydrogen-bond donors (Lipinski definition) is 2. The molecule has 0 aliphatic rings. The number of amides is 2. The molecule has 0 spiro atoms. The number of anilines is 2. The minimum absolute atomic E-state index is 0.276. The topological polar surface area (TPSA) is 75.7 Å². The number of pyridine rings is 1. The lowest BCUT2D eigenvalue weighted by atomic mass is 10.1. The summed E-state index contributed by atoms with van der Waals surface area (Å²) in [6, 6.07) is 17.0. The average Bonchev–Trinajstić information content (AvgIpc) is 2.87. The van der Waals surface area contributed by atoms with Gasteiger partial charge in [0.15, 0.2) is 11.5 Å². The van der Waals surface area contributed by atoms with Gasteiger partial charge in [-0.1, -0.05) is 31.0 Å². The summed E-state index contributed by atoms with van der Waals surface area (Å²) in [6.45, 7) is 1.82. The van der Waals surface area contributed by atoms with E-state index in [0.717, 1.165) is 43.6 Å². The maximum absolute atomic E-state index is 13.6. The van der Waals surface area contributed by atoms with Crippen LogP contribution in [0, 0.1) is 5.82 Å². The third-order valence-corrected chi connectivity index (χ3v) is 5.51. The number of halogens is 1. The van der Waals surface area contributed by atoms with E-state index >= 15 is 0 Å². The monoisotopic (exact) mass is 480 g/mol. The number of nitrogens with one attached hydrogen (secondary N) is 2. The Bertz CT molecular complexity index is 1070. The largest absolute Gasteiger partial charge is 0.493 e. The van der Waals surface area contributed by atoms with E-state index < -0.39 is 5.82 Å². The van der Waals surface area contributed by atoms with Gasteiger partial charge >= 0.3 is 6.03 Å². The molecule has 8 heteroatoms. The van der Waals surface area contributed by atoms with Crippen LogP contribution in [0.5, 0.6) is 11.5 Å². The van der Waals surface area contributed by atoms with E-state index in [1.165, 1.54) is 12.1 Å². The third-order valence-electron chi connectivity index (χ3n) is 5.51. The van der Waals surface area contributed by atoms with Crippen LogP contribution in [0.15, 0.2) is 66.9 Å². The summed E-state index contributed by atoms with van der Waals surface area (Å²) in [7, 11) is 3.17. The summed E-state index contributed by atoms with van der Waals surface area (Å²) in [5.74, 6) is 1.72. The van der Waals surface area contributed by atoms with Crippen LogP contribution in [0.2, 0.25) is 0 Å². The second-order valence-electron chi connectivity index (χ2n) is 8.11. The van der Waals surface area contributed by atoms with Crippen LogP contribution in [-0.4, -0.2) is 43.2 Å². The lowest BCUT2D eigenvalue weighted by Gasteiger charge is -2.24. The highest BCUT2D eigenvalue weighted by Gasteiger charge is 2.16. The lowest BCUT2D eigenvalue weighted by molar-refractivity contribution is 0.207. The number of ether oxygens (including phenoxy) is 2. The third kappa shape index (κ3) is 8.48. The van der Waals surface area contributed by atoms with Crippen molar-refractivity contribution in [1.82, 2.24) is 9.88 Å². The highest BCUT2D eigenvalue weighted by molar-refractivity contribution is 5.89. The van der Waals surface area contributed by atoms with Gasteiger partial charge in [-0.15, -0.1) is 0 Å². The number of benzene rings is 2. The van der Waals surface area contributed by atoms with E-state index in [-0.39, 0.29) is 6.03 Å². The fourth-order valence-electron chi connectivity index (χ4n) is 3.69. The van der Waals surface area contributed by atoms with E-state index in [4.69, 9.17) is 9.47 Å². The van der Waals surface area contributed by atoms with Gasteiger partial charge in [-0.25, -0.2) is 14.2 Å². The number of rotatable bonds is 13. The van der Waals surface area contributed by atoms with Crippen molar-refractivity contribution in [2.75, 3.05) is 37.9 Å². The molecule has 0 saturated heterocycles. The zero-order valence-corrected chi connectivity index (χ0v) is 20.3. The zero-order valence-electron chi connectivity index (χ0n) is 20.3. The Morgan fingerprint density at radius 2 is 1.77 bits per heavy atom. The van der Waals surface area contributed by atoms with E-state index in [1.807, 2.05) is 36.4 Å². The van der Waals surface area contributed by atoms with Gasteiger partial charge in [0.2, 0.25) is 0 Å². The Morgan fingerprint density at radius 3 is 2.51 bits per heavy atom. The molecule has 1 heterocycles. The summed E-state index contributed by atoms with van der Waals surface area (Å²) in [4.78, 5) is 19.0. The van der Waals surface area contributed by atoms with Crippen LogP contribution in [0.3, 0.4) is 0 Å². The SMILES string of the molecule is COc1ccc(CN(CCCCCCNc2ccccn2)C(=O)Nc2cccc(F)c2)cc1OC. The minimum atomic E-state index is -0.395. The van der Waals surface area contributed by atoms with Gasteiger partial charge in [-0.2, -0.15) is 0 Å². The summed E-state index contributed by atoms with van der Waals surface area (Å²) >= 11 is 0. The summed E-state index contributed by atoms with van der Waals surface area (Å²) < 4.78 is 24.3. The number of nitrogens with zero attached hydrogens (tertiary/aromatic N) is 2. The first-order valence-corrected chi connectivity index (χ1v) is 11.8. The van der Waals surface area contributed by atoms with Gasteiger partial charge in [0.25, 0.3) is 0 Å². The Balaban J connectivity index is 1.55. The molecule has 3 aromatic rings. The van der Waals surface area contributed by atoms with Crippen molar-refractivity contribution in [3.05, 3.63) is 78.2 Å². The quantitative estimate of drug-likeness (QED) is 0.296. The number of aromatic nitrogens is 1. The second kappa shape index (κ2) is 13.8. The van der Waals surface area contributed by atoms with E-state index in [9.17, 15) is 9.18 Å². The van der Waals surface area contributed by atoms with Gasteiger partial charge in [0, 0.05) is 31.5 Å². The molecule has 2 N–H and O–H groups in total. The van der Waals surface area contributed by atoms with Crippen molar-refractivity contribution in [3.63, 3.8) is 0 Å². The molecule has 0 aliphatic carbocycles. The van der Waals surface area contributed by atoms with Crippen LogP contribution < -0.4 is 20.1 Å². The maximum atomic E-state index is 13.6. The van der Waals surface area contributed by atoms with Gasteiger partial charge in [0.05, 0.1) is 14.2 Å². The molecule has 0 saturated carbocycles. The van der Waals surface area contributed by atoms with Crippen LogP contribution in [0.25, 0.3) is 0 Å². The molecule has 3 rings (SSSR count). The number of unbranched alkanes of at least 4 members (excludes halogenated alkanes) is 3. The van der Waals surface area contributed by atoms with Gasteiger partial charge < -0.3 is 25.0 Å². The molecular weight excluding hydrogens is 447 g/mol. The lowest BCUT2D eigenvalue weighted by Crippen LogP contribution is -2.35. The van der Waals surface area contributed by atoms with Crippen molar-refractivity contribution < 1.29 is 18.7 Å². The Kier molecular flexibility index (Phi) is 10.2. The normalized spacial score (nSPS) is 10.5. The molecular formula is C27H33FN4O3. The zero-order chi connectivity index (χ0) is 24.9. The Hall–Kier alpha value is -3.81. The van der Waals surface area contributed by atoms with E-state index in [1.54, 1.807) is 37.4 Å². The fraction of sp³-hybridized carbons (Fsp3) is 0.333. The first-order chi connectivity index (χ1) is 17.1. The molecule has 0 atom stereocenters. The van der Waals surface area contributed by atoms with Crippen molar-refractivity contribution in [3.8, 4) is 11.5 Å². The molecule has 186 valence electrons. The second-order valence-corrected chi connectivity index (χ2v) is 8.11. The number of urea groups is 1. The van der Waals surface area contributed by atoms with Crippen LogP contribution >= 0.6 is 0 Å². The number of carbonyl (C=O) groups is 1. The van der Waals surface area contributed by atoms with Crippen LogP contribution in [0.1, 0.15) is 31.2 Å². The van der Waals surface area contributed by atoms with Crippen molar-refractivity contribution in [2.45, 2.75) is 32.2 Å². The number of hydrogen-bond acceptors (Lipinski definition) is 5. The fourth-order valence-corrected chi connectivity index (χ4v) is 3.69. The molecule has 0 radical (unpaired) electrons. The molecule has 7 nitrogen and oxygen atoms in total. The highest BCUT2D eigenvalue weighted by atomic mass is 19.1. The standard InChI is InChI=1S/C27H33FN4O3/c1-34-24-14-13-21(18-25(24)35-2)20-32(27(33)31-23-11-9-10-22(28)19-23)17-8-4-3-6-15-29-26-12-5-7-16-30-26/h5,7,9-14,16,18-19H,3-4,6,8,15,17,20H2,1-2H3,(H,29,30)(H,31,33). The number of carbonyl (C=O) groups excluding carboxylic acids is 1. The average molecular weight is 481 g/mol. The predicted octanol–water partition coefficient (Wildman–Crippen LogP) is 5.94. The van der Waals surface area contributed by atoms with Crippen molar-refractivity contribution in [1.29, 1.82) is 0 Å². The van der Waals surface area contributed by atoms with E-state index in [0.29, 0.717) is 30.3 Å². The van der Waals surface area contributed by atoms with Crippen molar-refractivity contribution >= 4 is 17.5 Å². The molecule has 0 bridgehead atoms. The molecule has 2 aromatic carbocycles. The minimum Gasteiger partial charge on any atom is -0.493 e. The van der Waals surface area contributed by atoms with Gasteiger partial charge in [0.1, 0.15) is 11.6 Å². The molecule has 0 aliphatic heterocycles. The van der Waals surface area contributed by atoms with Crippen LogP contribution in [-0.2, 0) is 6.54 Å². The predicted molar refractivity (Wildman–Crippen MR) is 137 cm³/mol. The highest BCUT2D eigenvalue weighted by Crippen LogP contribution is 2.28. The summed E-state index contributed by atoms with van der Waals surface area (Å²) in [6.07, 6.45) is 5.66. The van der Waals surface area contributed by atoms with E-state index in [2.05, 4.69) is 15.6 Å². The molecule has 35 heavy (non-hydrogen) atoms. The first-order valence-electron chi connectivity index (χ1n) is 11.8. The Labute approximate surface area is 206 Å². The van der Waals surface area contributed by atoms with Gasteiger partial charge in [-0.05, 0) is 60.9 Å². The molecule has 1 aromatic heterocycles. The smallest absolute Gasteiger partial charge is 0.322 e. The molecule has 0 fully saturated rings. The van der Waals surface area contributed by atoms with Crippen molar-refractivity contribution in [2.24, 2.45) is 0 Å². The molecule has 2 amide bonds. The molecule has 0 unspecified atom stereocenters. The Morgan fingerprint density at radius 1 is 0.943 bits per heavy atom. The first kappa shape index (κ1) is 25.8. The summed E-state index contributed by atoms with van der Waals surface area (Å²) in [5, 5.41) is 6.12. The number of methoxy groups -OCH3 is 2. The van der Waals surface area contributed by atoms with Gasteiger partial charge in [-0.3, -0.25) is 0 Å². The maximum Gasteiger partial charge on any atom is 0.322 e. The summed E-state index contributed by atoms with van der Waals surface area (Å²) in [5.41, 5.74) is 1.34.